The smallest absolute Gasteiger partial charge is 0.258 e. The predicted molar refractivity (Wildman–Crippen MR) is 112 cm³/mol. The van der Waals surface area contributed by atoms with Crippen molar-refractivity contribution in [1.29, 1.82) is 0 Å². The average Bonchev–Trinajstić information content (AvgIpc) is 3.34. The Morgan fingerprint density at radius 3 is 2.70 bits per heavy atom. The molecule has 0 radical (unpaired) electrons. The van der Waals surface area contributed by atoms with Gasteiger partial charge in [-0.05, 0) is 67.4 Å². The maximum atomic E-state index is 12.4. The van der Waals surface area contributed by atoms with Gasteiger partial charge in [-0.3, -0.25) is 9.69 Å². The van der Waals surface area contributed by atoms with Crippen molar-refractivity contribution in [3.05, 3.63) is 51.7 Å². The molecule has 4 nitrogen and oxygen atoms in total. The first-order valence-corrected chi connectivity index (χ1v) is 10.7. The van der Waals surface area contributed by atoms with Crippen molar-refractivity contribution in [3.8, 4) is 5.75 Å². The molecular formula is C22H30N2O2S. The van der Waals surface area contributed by atoms with E-state index in [1.165, 1.54) is 17.7 Å². The summed E-state index contributed by atoms with van der Waals surface area (Å²) < 4.78 is 5.87. The molecule has 1 amide bonds. The number of amides is 1. The molecule has 3 rings (SSSR count). The fourth-order valence-corrected chi connectivity index (χ4v) is 4.45. The van der Waals surface area contributed by atoms with Crippen LogP contribution in [0.15, 0.2) is 35.7 Å². The molecule has 0 saturated carbocycles. The van der Waals surface area contributed by atoms with Crippen molar-refractivity contribution >= 4 is 17.2 Å². The van der Waals surface area contributed by atoms with Gasteiger partial charge in [-0.15, -0.1) is 11.3 Å². The zero-order chi connectivity index (χ0) is 19.2. The van der Waals surface area contributed by atoms with Crippen LogP contribution in [0, 0.1) is 6.92 Å². The lowest BCUT2D eigenvalue weighted by Crippen LogP contribution is -2.38. The lowest BCUT2D eigenvalue weighted by atomic mass is 10.0. The van der Waals surface area contributed by atoms with Gasteiger partial charge in [0.25, 0.3) is 5.91 Å². The van der Waals surface area contributed by atoms with E-state index in [2.05, 4.69) is 53.7 Å². The monoisotopic (exact) mass is 386 g/mol. The largest absolute Gasteiger partial charge is 0.483 e. The highest BCUT2D eigenvalue weighted by Gasteiger charge is 2.24. The van der Waals surface area contributed by atoms with Gasteiger partial charge >= 0.3 is 0 Å². The Morgan fingerprint density at radius 1 is 1.26 bits per heavy atom. The van der Waals surface area contributed by atoms with Crippen LogP contribution >= 0.6 is 11.3 Å². The second-order valence-corrected chi connectivity index (χ2v) is 8.54. The van der Waals surface area contributed by atoms with Gasteiger partial charge < -0.3 is 10.1 Å². The Balaban J connectivity index is 1.57. The molecule has 1 atom stereocenters. The number of rotatable bonds is 8. The topological polar surface area (TPSA) is 41.6 Å². The van der Waals surface area contributed by atoms with E-state index in [0.29, 0.717) is 12.5 Å². The summed E-state index contributed by atoms with van der Waals surface area (Å²) in [6.07, 6.45) is 2.48. The molecule has 1 N–H and O–H groups in total. The molecule has 27 heavy (non-hydrogen) atoms. The van der Waals surface area contributed by atoms with E-state index in [1.807, 2.05) is 13.0 Å². The van der Waals surface area contributed by atoms with Gasteiger partial charge in [0.1, 0.15) is 5.75 Å². The lowest BCUT2D eigenvalue weighted by molar-refractivity contribution is -0.123. The van der Waals surface area contributed by atoms with E-state index >= 15 is 0 Å². The summed E-state index contributed by atoms with van der Waals surface area (Å²) in [5.41, 5.74) is 2.28. The maximum Gasteiger partial charge on any atom is 0.258 e. The number of ether oxygens (including phenoxy) is 1. The number of nitrogens with zero attached hydrogens (tertiary/aromatic N) is 1. The third-order valence-corrected chi connectivity index (χ3v) is 6.07. The molecule has 1 aromatic heterocycles. The number of thiophene rings is 1. The molecule has 1 fully saturated rings. The number of benzene rings is 1. The number of hydrogen-bond donors (Lipinski definition) is 1. The first-order chi connectivity index (χ1) is 13.0. The fourth-order valence-electron chi connectivity index (χ4n) is 3.59. The summed E-state index contributed by atoms with van der Waals surface area (Å²) in [5.74, 6) is 1.11. The highest BCUT2D eigenvalue weighted by atomic mass is 32.1. The molecular weight excluding hydrogens is 356 g/mol. The molecule has 1 aromatic carbocycles. The van der Waals surface area contributed by atoms with Crippen LogP contribution in [-0.4, -0.2) is 37.0 Å². The van der Waals surface area contributed by atoms with Gasteiger partial charge in [-0.1, -0.05) is 32.0 Å². The average molecular weight is 387 g/mol. The van der Waals surface area contributed by atoms with Crippen molar-refractivity contribution < 1.29 is 9.53 Å². The SMILES string of the molecule is Cc1ccc(C(C)C)c(OCC(=O)NC[C@@H](c2cccs2)N2CCCC2)c1. The molecule has 5 heteroatoms. The number of carbonyl (C=O) groups is 1. The Hall–Kier alpha value is -1.85. The summed E-state index contributed by atoms with van der Waals surface area (Å²) in [6, 6.07) is 10.7. The zero-order valence-electron chi connectivity index (χ0n) is 16.5. The van der Waals surface area contributed by atoms with Gasteiger partial charge in [-0.25, -0.2) is 0 Å². The Morgan fingerprint density at radius 2 is 2.04 bits per heavy atom. The Labute approximate surface area is 166 Å². The molecule has 0 unspecified atom stereocenters. The molecule has 1 aliphatic heterocycles. The van der Waals surface area contributed by atoms with Gasteiger partial charge in [0.15, 0.2) is 6.61 Å². The number of hydrogen-bond acceptors (Lipinski definition) is 4. The van der Waals surface area contributed by atoms with Gasteiger partial charge in [0.05, 0.1) is 6.04 Å². The van der Waals surface area contributed by atoms with Gasteiger partial charge in [0, 0.05) is 11.4 Å². The van der Waals surface area contributed by atoms with Gasteiger partial charge in [-0.2, -0.15) is 0 Å². The number of likely N-dealkylation sites (tertiary alicyclic amines) is 1. The quantitative estimate of drug-likeness (QED) is 0.726. The van der Waals surface area contributed by atoms with Crippen LogP contribution in [0.5, 0.6) is 5.75 Å². The Kier molecular flexibility index (Phi) is 6.91. The molecule has 0 spiro atoms. The zero-order valence-corrected chi connectivity index (χ0v) is 17.3. The van der Waals surface area contributed by atoms with Crippen molar-refractivity contribution in [2.24, 2.45) is 0 Å². The summed E-state index contributed by atoms with van der Waals surface area (Å²) >= 11 is 1.76. The summed E-state index contributed by atoms with van der Waals surface area (Å²) in [4.78, 5) is 16.2. The van der Waals surface area contributed by atoms with Crippen LogP contribution in [0.2, 0.25) is 0 Å². The molecule has 1 saturated heterocycles. The van der Waals surface area contributed by atoms with Crippen LogP contribution in [0.25, 0.3) is 0 Å². The third-order valence-electron chi connectivity index (χ3n) is 5.10. The van der Waals surface area contributed by atoms with E-state index in [4.69, 9.17) is 4.74 Å². The maximum absolute atomic E-state index is 12.4. The number of aryl methyl sites for hydroxylation is 1. The summed E-state index contributed by atoms with van der Waals surface area (Å²) in [6.45, 7) is 9.22. The minimum Gasteiger partial charge on any atom is -0.483 e. The summed E-state index contributed by atoms with van der Waals surface area (Å²) in [7, 11) is 0. The van der Waals surface area contributed by atoms with Crippen LogP contribution in [0.4, 0.5) is 0 Å². The normalized spacial score (nSPS) is 15.9. The van der Waals surface area contributed by atoms with Crippen LogP contribution < -0.4 is 10.1 Å². The molecule has 0 bridgehead atoms. The highest BCUT2D eigenvalue weighted by Crippen LogP contribution is 2.29. The predicted octanol–water partition coefficient (Wildman–Crippen LogP) is 4.51. The Bertz CT molecular complexity index is 737. The number of nitrogens with one attached hydrogen (secondary N) is 1. The van der Waals surface area contributed by atoms with Crippen molar-refractivity contribution in [2.45, 2.75) is 45.6 Å². The van der Waals surface area contributed by atoms with Crippen molar-refractivity contribution in [1.82, 2.24) is 10.2 Å². The van der Waals surface area contributed by atoms with Crippen LogP contribution in [-0.2, 0) is 4.79 Å². The van der Waals surface area contributed by atoms with E-state index < -0.39 is 0 Å². The van der Waals surface area contributed by atoms with Crippen molar-refractivity contribution in [2.75, 3.05) is 26.2 Å². The first kappa shape index (κ1) is 19.9. The highest BCUT2D eigenvalue weighted by molar-refractivity contribution is 7.10. The molecule has 1 aliphatic rings. The standard InChI is InChI=1S/C22H30N2O2S/c1-16(2)18-9-8-17(3)13-20(18)26-15-22(25)23-14-19(21-7-6-12-27-21)24-10-4-5-11-24/h6-9,12-13,16,19H,4-5,10-11,14-15H2,1-3H3,(H,23,25)/t19-/m0/s1. The molecule has 146 valence electrons. The number of carbonyl (C=O) groups excluding carboxylic acids is 1. The first-order valence-electron chi connectivity index (χ1n) is 9.82. The second kappa shape index (κ2) is 9.38. The second-order valence-electron chi connectivity index (χ2n) is 7.56. The van der Waals surface area contributed by atoms with Crippen molar-refractivity contribution in [3.63, 3.8) is 0 Å². The summed E-state index contributed by atoms with van der Waals surface area (Å²) in [5, 5.41) is 5.19. The van der Waals surface area contributed by atoms with E-state index in [0.717, 1.165) is 30.0 Å². The van der Waals surface area contributed by atoms with E-state index in [9.17, 15) is 4.79 Å². The molecule has 2 heterocycles. The van der Waals surface area contributed by atoms with E-state index in [1.54, 1.807) is 11.3 Å². The fraction of sp³-hybridized carbons (Fsp3) is 0.500. The van der Waals surface area contributed by atoms with Gasteiger partial charge in [0.2, 0.25) is 0 Å². The third kappa shape index (κ3) is 5.33. The minimum atomic E-state index is -0.0630. The van der Waals surface area contributed by atoms with Crippen LogP contribution in [0.1, 0.15) is 54.7 Å². The van der Waals surface area contributed by atoms with Crippen LogP contribution in [0.3, 0.4) is 0 Å². The molecule has 2 aromatic rings. The minimum absolute atomic E-state index is 0.0559. The lowest BCUT2D eigenvalue weighted by Gasteiger charge is -2.27. The molecule has 0 aliphatic carbocycles. The van der Waals surface area contributed by atoms with E-state index in [-0.39, 0.29) is 18.6 Å².